The Morgan fingerprint density at radius 2 is 2.00 bits per heavy atom. The first-order valence-corrected chi connectivity index (χ1v) is 7.08. The van der Waals surface area contributed by atoms with E-state index >= 15 is 0 Å². The molecular weight excluding hydrogens is 234 g/mol. The van der Waals surface area contributed by atoms with Crippen LogP contribution >= 0.6 is 11.3 Å². The van der Waals surface area contributed by atoms with Gasteiger partial charge in [-0.25, -0.2) is 0 Å². The summed E-state index contributed by atoms with van der Waals surface area (Å²) in [6, 6.07) is 0.467. The average Bonchev–Trinajstić information content (AvgIpc) is 2.69. The number of aromatic nitrogens is 2. The van der Waals surface area contributed by atoms with Crippen LogP contribution in [0, 0.1) is 5.92 Å². The summed E-state index contributed by atoms with van der Waals surface area (Å²) in [6.07, 6.45) is 2.28. The largest absolute Gasteiger partial charge is 0.469 e. The van der Waals surface area contributed by atoms with Crippen LogP contribution in [0.2, 0.25) is 0 Å². The Bertz CT molecular complexity index is 312. The molecule has 17 heavy (non-hydrogen) atoms. The smallest absolute Gasteiger partial charge is 0.294 e. The Hall–Kier alpha value is -0.680. The van der Waals surface area contributed by atoms with Gasteiger partial charge in [-0.05, 0) is 18.8 Å². The zero-order valence-corrected chi connectivity index (χ0v) is 12.0. The van der Waals surface area contributed by atoms with E-state index in [-0.39, 0.29) is 0 Å². The van der Waals surface area contributed by atoms with Crippen molar-refractivity contribution in [3.63, 3.8) is 0 Å². The summed E-state index contributed by atoms with van der Waals surface area (Å²) in [5, 5.41) is 13.1. The third-order valence-electron chi connectivity index (χ3n) is 2.26. The third-order valence-corrected chi connectivity index (χ3v) is 3.10. The van der Waals surface area contributed by atoms with Crippen molar-refractivity contribution in [1.29, 1.82) is 0 Å². The van der Waals surface area contributed by atoms with Gasteiger partial charge < -0.3 is 10.1 Å². The van der Waals surface area contributed by atoms with Gasteiger partial charge in [-0.1, -0.05) is 39.0 Å². The second kappa shape index (κ2) is 7.61. The van der Waals surface area contributed by atoms with Gasteiger partial charge in [-0.15, -0.1) is 10.2 Å². The molecule has 98 valence electrons. The van der Waals surface area contributed by atoms with Crippen molar-refractivity contribution in [2.24, 2.45) is 5.92 Å². The van der Waals surface area contributed by atoms with Crippen LogP contribution in [0.25, 0.3) is 0 Å². The minimum atomic E-state index is 0.467. The van der Waals surface area contributed by atoms with E-state index in [2.05, 4.69) is 43.2 Å². The molecule has 1 aromatic heterocycles. The fourth-order valence-corrected chi connectivity index (χ4v) is 1.97. The van der Waals surface area contributed by atoms with Crippen molar-refractivity contribution in [3.8, 4) is 5.19 Å². The second-order valence-corrected chi connectivity index (χ2v) is 5.91. The minimum absolute atomic E-state index is 0.467. The number of nitrogens with zero attached hydrogens (tertiary/aromatic N) is 2. The first kappa shape index (κ1) is 14.4. The molecule has 1 aromatic rings. The lowest BCUT2D eigenvalue weighted by molar-refractivity contribution is 0.294. The second-order valence-electron chi connectivity index (χ2n) is 4.88. The molecule has 0 aliphatic carbocycles. The van der Waals surface area contributed by atoms with E-state index in [1.807, 2.05) is 0 Å². The van der Waals surface area contributed by atoms with E-state index in [0.29, 0.717) is 11.2 Å². The van der Waals surface area contributed by atoms with E-state index in [1.54, 1.807) is 0 Å². The molecule has 4 nitrogen and oxygen atoms in total. The van der Waals surface area contributed by atoms with Crippen molar-refractivity contribution in [2.75, 3.05) is 6.61 Å². The van der Waals surface area contributed by atoms with Crippen LogP contribution in [0.15, 0.2) is 0 Å². The third kappa shape index (κ3) is 6.58. The first-order chi connectivity index (χ1) is 8.08. The van der Waals surface area contributed by atoms with Crippen molar-refractivity contribution < 1.29 is 4.74 Å². The lowest BCUT2D eigenvalue weighted by atomic mass is 10.1. The van der Waals surface area contributed by atoms with E-state index in [9.17, 15) is 0 Å². The number of hydrogen-bond acceptors (Lipinski definition) is 5. The van der Waals surface area contributed by atoms with Crippen LogP contribution in [-0.4, -0.2) is 22.8 Å². The van der Waals surface area contributed by atoms with Gasteiger partial charge in [-0.3, -0.25) is 0 Å². The highest BCUT2D eigenvalue weighted by Gasteiger charge is 2.05. The maximum absolute atomic E-state index is 5.56. The van der Waals surface area contributed by atoms with Crippen molar-refractivity contribution in [2.45, 2.75) is 53.1 Å². The summed E-state index contributed by atoms with van der Waals surface area (Å²) in [7, 11) is 0. The Morgan fingerprint density at radius 3 is 2.65 bits per heavy atom. The summed E-state index contributed by atoms with van der Waals surface area (Å²) in [4.78, 5) is 0. The van der Waals surface area contributed by atoms with Crippen LogP contribution < -0.4 is 10.1 Å². The van der Waals surface area contributed by atoms with Crippen molar-refractivity contribution >= 4 is 11.3 Å². The lowest BCUT2D eigenvalue weighted by Gasteiger charge is -2.04. The molecule has 0 bridgehead atoms. The molecule has 1 heterocycles. The highest BCUT2D eigenvalue weighted by Crippen LogP contribution is 2.18. The summed E-state index contributed by atoms with van der Waals surface area (Å²) in [6.45, 7) is 10.2. The zero-order chi connectivity index (χ0) is 12.7. The molecule has 0 aromatic carbocycles. The highest BCUT2D eigenvalue weighted by atomic mass is 32.1. The molecule has 0 saturated heterocycles. The van der Waals surface area contributed by atoms with Crippen LogP contribution in [-0.2, 0) is 6.54 Å². The van der Waals surface area contributed by atoms with Crippen molar-refractivity contribution in [1.82, 2.24) is 15.5 Å². The molecular formula is C12H23N3OS. The van der Waals surface area contributed by atoms with E-state index in [4.69, 9.17) is 4.74 Å². The first-order valence-electron chi connectivity index (χ1n) is 6.26. The van der Waals surface area contributed by atoms with Gasteiger partial charge in [0.25, 0.3) is 5.19 Å². The monoisotopic (exact) mass is 257 g/mol. The molecule has 5 heteroatoms. The lowest BCUT2D eigenvalue weighted by Crippen LogP contribution is -2.21. The molecule has 0 aliphatic rings. The average molecular weight is 257 g/mol. The maximum Gasteiger partial charge on any atom is 0.294 e. The summed E-state index contributed by atoms with van der Waals surface area (Å²) >= 11 is 1.53. The number of rotatable bonds is 8. The van der Waals surface area contributed by atoms with Crippen molar-refractivity contribution in [3.05, 3.63) is 5.01 Å². The Labute approximate surface area is 108 Å². The Morgan fingerprint density at radius 1 is 1.24 bits per heavy atom. The van der Waals surface area contributed by atoms with Gasteiger partial charge in [0, 0.05) is 6.04 Å². The van der Waals surface area contributed by atoms with Gasteiger partial charge in [0.15, 0.2) is 0 Å². The summed E-state index contributed by atoms with van der Waals surface area (Å²) < 4.78 is 5.56. The SMILES string of the molecule is CC(C)CCCOc1nnc(CNC(C)C)s1. The van der Waals surface area contributed by atoms with Crippen LogP contribution in [0.1, 0.15) is 45.5 Å². The maximum atomic E-state index is 5.56. The van der Waals surface area contributed by atoms with Gasteiger partial charge in [0.2, 0.25) is 0 Å². The Kier molecular flexibility index (Phi) is 6.44. The molecule has 0 fully saturated rings. The number of ether oxygens (including phenoxy) is 1. The standard InChI is InChI=1S/C12H23N3OS/c1-9(2)6-5-7-16-12-15-14-11(17-12)8-13-10(3)4/h9-10,13H,5-8H2,1-4H3. The molecule has 1 N–H and O–H groups in total. The van der Waals surface area contributed by atoms with Crippen LogP contribution in [0.5, 0.6) is 5.19 Å². The molecule has 0 spiro atoms. The molecule has 0 amide bonds. The molecule has 0 atom stereocenters. The molecule has 0 unspecified atom stereocenters. The Balaban J connectivity index is 2.21. The normalized spacial score (nSPS) is 11.4. The van der Waals surface area contributed by atoms with Gasteiger partial charge in [0.1, 0.15) is 5.01 Å². The molecule has 1 rings (SSSR count). The van der Waals surface area contributed by atoms with E-state index < -0.39 is 0 Å². The molecule has 0 saturated carbocycles. The van der Waals surface area contributed by atoms with Gasteiger partial charge >= 0.3 is 0 Å². The van der Waals surface area contributed by atoms with Crippen LogP contribution in [0.3, 0.4) is 0 Å². The quantitative estimate of drug-likeness (QED) is 0.727. The molecule has 0 aliphatic heterocycles. The number of hydrogen-bond donors (Lipinski definition) is 1. The zero-order valence-electron chi connectivity index (χ0n) is 11.2. The fraction of sp³-hybridized carbons (Fsp3) is 0.833. The van der Waals surface area contributed by atoms with E-state index in [0.717, 1.165) is 30.5 Å². The molecule has 0 radical (unpaired) electrons. The van der Waals surface area contributed by atoms with Gasteiger partial charge in [0.05, 0.1) is 13.2 Å². The minimum Gasteiger partial charge on any atom is -0.469 e. The van der Waals surface area contributed by atoms with Crippen LogP contribution in [0.4, 0.5) is 0 Å². The predicted molar refractivity (Wildman–Crippen MR) is 71.5 cm³/mol. The summed E-state index contributed by atoms with van der Waals surface area (Å²) in [5.74, 6) is 0.735. The highest BCUT2D eigenvalue weighted by molar-refractivity contribution is 7.13. The van der Waals surface area contributed by atoms with E-state index in [1.165, 1.54) is 17.8 Å². The summed E-state index contributed by atoms with van der Waals surface area (Å²) in [5.41, 5.74) is 0. The topological polar surface area (TPSA) is 47.0 Å². The van der Waals surface area contributed by atoms with Gasteiger partial charge in [-0.2, -0.15) is 0 Å². The number of nitrogens with one attached hydrogen (secondary N) is 1. The predicted octanol–water partition coefficient (Wildman–Crippen LogP) is 2.85. The fourth-order valence-electron chi connectivity index (χ4n) is 1.31.